The first kappa shape index (κ1) is 16.9. The second-order valence-electron chi connectivity index (χ2n) is 4.49. The van der Waals surface area contributed by atoms with Gasteiger partial charge in [0, 0.05) is 12.0 Å². The van der Waals surface area contributed by atoms with Gasteiger partial charge in [0.15, 0.2) is 5.90 Å². The second-order valence-corrected chi connectivity index (χ2v) is 4.49. The summed E-state index contributed by atoms with van der Waals surface area (Å²) in [6.07, 6.45) is -4.82. The topological polar surface area (TPSA) is 64.7 Å². The van der Waals surface area contributed by atoms with E-state index in [0.29, 0.717) is 12.7 Å². The minimum absolute atomic E-state index is 0.0370. The molecule has 0 unspecified atom stereocenters. The van der Waals surface area contributed by atoms with Gasteiger partial charge >= 0.3 is 6.18 Å². The van der Waals surface area contributed by atoms with E-state index in [-0.39, 0.29) is 17.5 Å². The maximum absolute atomic E-state index is 12.8. The molecule has 8 heteroatoms. The Bertz CT molecular complexity index is 554. The van der Waals surface area contributed by atoms with Crippen molar-refractivity contribution in [2.24, 2.45) is 10.9 Å². The lowest BCUT2D eigenvalue weighted by Crippen LogP contribution is -2.12. The van der Waals surface area contributed by atoms with Crippen LogP contribution in [0.4, 0.5) is 24.5 Å². The molecule has 0 aliphatic carbocycles. The Hall–Kier alpha value is -2.12. The van der Waals surface area contributed by atoms with E-state index >= 15 is 0 Å². The summed E-state index contributed by atoms with van der Waals surface area (Å²) in [4.78, 5) is 13.6. The largest absolute Gasteiger partial charge is 0.481 e. The van der Waals surface area contributed by atoms with Crippen LogP contribution in [0.3, 0.4) is 0 Å². The monoisotopic (exact) mass is 304 g/mol. The Balaban J connectivity index is 3.34. The predicted octanol–water partition coefficient (Wildman–Crippen LogP) is 4.34. The molecule has 0 radical (unpaired) electrons. The van der Waals surface area contributed by atoms with Crippen LogP contribution in [0.2, 0.25) is 0 Å². The highest BCUT2D eigenvalue weighted by atomic mass is 19.4. The Morgan fingerprint density at radius 3 is 2.48 bits per heavy atom. The van der Waals surface area contributed by atoms with E-state index in [1.54, 1.807) is 20.8 Å². The van der Waals surface area contributed by atoms with Crippen LogP contribution >= 0.6 is 0 Å². The van der Waals surface area contributed by atoms with E-state index in [4.69, 9.17) is 4.74 Å². The lowest BCUT2D eigenvalue weighted by Gasteiger charge is -2.12. The molecule has 0 N–H and O–H groups in total. The number of nitro benzene ring substituents is 1. The molecular weight excluding hydrogens is 289 g/mol. The molecular formula is C13H15F3N2O3. The number of hydrogen-bond donors (Lipinski definition) is 0. The highest BCUT2D eigenvalue weighted by molar-refractivity contribution is 5.81. The van der Waals surface area contributed by atoms with Gasteiger partial charge in [0.05, 0.1) is 17.2 Å². The third kappa shape index (κ3) is 4.44. The van der Waals surface area contributed by atoms with Gasteiger partial charge in [-0.15, -0.1) is 0 Å². The highest BCUT2D eigenvalue weighted by Crippen LogP contribution is 2.38. The summed E-state index contributed by atoms with van der Waals surface area (Å²) >= 11 is 0. The molecule has 0 heterocycles. The smallest absolute Gasteiger partial charge is 0.423 e. The third-order valence-corrected chi connectivity index (χ3v) is 2.51. The van der Waals surface area contributed by atoms with Crippen LogP contribution in [0.15, 0.2) is 23.2 Å². The molecule has 116 valence electrons. The zero-order valence-corrected chi connectivity index (χ0v) is 11.8. The fourth-order valence-electron chi connectivity index (χ4n) is 1.58. The average molecular weight is 304 g/mol. The summed E-state index contributed by atoms with van der Waals surface area (Å²) in [6, 6.07) is 2.61. The number of nitrogens with zero attached hydrogens (tertiary/aromatic N) is 2. The van der Waals surface area contributed by atoms with Crippen molar-refractivity contribution in [2.75, 3.05) is 6.61 Å². The highest BCUT2D eigenvalue weighted by Gasteiger charge is 2.38. The number of alkyl halides is 3. The number of halogens is 3. The van der Waals surface area contributed by atoms with Crippen LogP contribution in [0, 0.1) is 16.0 Å². The van der Waals surface area contributed by atoms with Crippen molar-refractivity contribution in [1.29, 1.82) is 0 Å². The number of ether oxygens (including phenoxy) is 1. The van der Waals surface area contributed by atoms with Crippen LogP contribution in [0.1, 0.15) is 26.3 Å². The number of aliphatic imine (C=N–C) groups is 1. The molecule has 1 aromatic rings. The van der Waals surface area contributed by atoms with Crippen LogP contribution in [0.25, 0.3) is 0 Å². The van der Waals surface area contributed by atoms with E-state index in [1.807, 2.05) is 0 Å². The summed E-state index contributed by atoms with van der Waals surface area (Å²) < 4.78 is 43.8. The van der Waals surface area contributed by atoms with Crippen LogP contribution in [-0.2, 0) is 10.9 Å². The van der Waals surface area contributed by atoms with Crippen molar-refractivity contribution in [1.82, 2.24) is 0 Å². The van der Waals surface area contributed by atoms with E-state index in [9.17, 15) is 23.3 Å². The molecule has 0 spiro atoms. The standard InChI is InChI=1S/C13H15F3N2O3/c1-4-21-12(8(2)3)17-9-5-6-11(18(19)20)10(7-9)13(14,15)16/h5-8H,4H2,1-3H3. The minimum Gasteiger partial charge on any atom is -0.481 e. The molecule has 0 saturated heterocycles. The van der Waals surface area contributed by atoms with Gasteiger partial charge in [-0.3, -0.25) is 10.1 Å². The lowest BCUT2D eigenvalue weighted by atomic mass is 10.1. The number of nitro groups is 1. The lowest BCUT2D eigenvalue weighted by molar-refractivity contribution is -0.388. The van der Waals surface area contributed by atoms with Crippen molar-refractivity contribution in [3.63, 3.8) is 0 Å². The normalized spacial score (nSPS) is 12.6. The molecule has 1 aromatic carbocycles. The summed E-state index contributed by atoms with van der Waals surface area (Å²) in [6.45, 7) is 5.63. The summed E-state index contributed by atoms with van der Waals surface area (Å²) in [5.41, 5.74) is -2.36. The maximum Gasteiger partial charge on any atom is 0.423 e. The zero-order chi connectivity index (χ0) is 16.2. The van der Waals surface area contributed by atoms with Crippen molar-refractivity contribution < 1.29 is 22.8 Å². The Morgan fingerprint density at radius 2 is 2.05 bits per heavy atom. The number of rotatable bonds is 4. The van der Waals surface area contributed by atoms with Gasteiger partial charge in [0.1, 0.15) is 5.56 Å². The molecule has 1 rings (SSSR count). The molecule has 5 nitrogen and oxygen atoms in total. The van der Waals surface area contributed by atoms with Crippen molar-refractivity contribution in [2.45, 2.75) is 26.9 Å². The second kappa shape index (κ2) is 6.55. The van der Waals surface area contributed by atoms with E-state index in [2.05, 4.69) is 4.99 Å². The van der Waals surface area contributed by atoms with E-state index in [0.717, 1.165) is 12.1 Å². The third-order valence-electron chi connectivity index (χ3n) is 2.51. The van der Waals surface area contributed by atoms with Gasteiger partial charge in [-0.2, -0.15) is 13.2 Å². The van der Waals surface area contributed by atoms with Gasteiger partial charge < -0.3 is 4.74 Å². The SMILES string of the molecule is CCOC(=Nc1ccc([N+](=O)[O-])c(C(F)(F)F)c1)C(C)C. The predicted molar refractivity (Wildman–Crippen MR) is 71.7 cm³/mol. The number of hydrogen-bond acceptors (Lipinski definition) is 4. The van der Waals surface area contributed by atoms with Gasteiger partial charge in [0.25, 0.3) is 5.69 Å². The van der Waals surface area contributed by atoms with Crippen molar-refractivity contribution >= 4 is 17.3 Å². The quantitative estimate of drug-likeness (QED) is 0.360. The fraction of sp³-hybridized carbons (Fsp3) is 0.462. The molecule has 0 atom stereocenters. The summed E-state index contributed by atoms with van der Waals surface area (Å²) in [5, 5.41) is 10.7. The maximum atomic E-state index is 12.8. The Kier molecular flexibility index (Phi) is 5.28. The van der Waals surface area contributed by atoms with E-state index < -0.39 is 22.4 Å². The molecule has 0 amide bonds. The molecule has 0 aromatic heterocycles. The molecule has 0 aliphatic heterocycles. The van der Waals surface area contributed by atoms with Gasteiger partial charge in [-0.25, -0.2) is 4.99 Å². The van der Waals surface area contributed by atoms with Crippen LogP contribution in [0.5, 0.6) is 0 Å². The zero-order valence-electron chi connectivity index (χ0n) is 11.8. The minimum atomic E-state index is -4.82. The molecule has 21 heavy (non-hydrogen) atoms. The van der Waals surface area contributed by atoms with Crippen LogP contribution in [-0.4, -0.2) is 17.4 Å². The fourth-order valence-corrected chi connectivity index (χ4v) is 1.58. The van der Waals surface area contributed by atoms with Gasteiger partial charge in [-0.05, 0) is 19.1 Å². The van der Waals surface area contributed by atoms with E-state index in [1.165, 1.54) is 0 Å². The van der Waals surface area contributed by atoms with Gasteiger partial charge in [0.2, 0.25) is 0 Å². The van der Waals surface area contributed by atoms with Crippen molar-refractivity contribution in [3.8, 4) is 0 Å². The number of benzene rings is 1. The first-order valence-corrected chi connectivity index (χ1v) is 6.23. The molecule has 0 aliphatic rings. The summed E-state index contributed by atoms with van der Waals surface area (Å²) in [5.74, 6) is 0.161. The molecule has 0 bridgehead atoms. The van der Waals surface area contributed by atoms with Crippen LogP contribution < -0.4 is 0 Å². The first-order chi connectivity index (χ1) is 9.66. The molecule has 0 fully saturated rings. The average Bonchev–Trinajstić information content (AvgIpc) is 2.36. The molecule has 0 saturated carbocycles. The van der Waals surface area contributed by atoms with Gasteiger partial charge in [-0.1, -0.05) is 13.8 Å². The summed E-state index contributed by atoms with van der Waals surface area (Å²) in [7, 11) is 0. The Labute approximate surface area is 119 Å². The van der Waals surface area contributed by atoms with Crippen molar-refractivity contribution in [3.05, 3.63) is 33.9 Å². The first-order valence-electron chi connectivity index (χ1n) is 6.23. The Morgan fingerprint density at radius 1 is 1.43 bits per heavy atom.